The lowest BCUT2D eigenvalue weighted by molar-refractivity contribution is -0.140. The Morgan fingerprint density at radius 1 is 1.24 bits per heavy atom. The minimum absolute atomic E-state index is 0.0958. The summed E-state index contributed by atoms with van der Waals surface area (Å²) in [7, 11) is 0. The van der Waals surface area contributed by atoms with E-state index in [1.165, 1.54) is 4.90 Å². The monoisotopic (exact) mass is 352 g/mol. The summed E-state index contributed by atoms with van der Waals surface area (Å²) < 4.78 is 0. The highest BCUT2D eigenvalue weighted by molar-refractivity contribution is 6.09. The molecule has 2 aliphatic rings. The highest BCUT2D eigenvalue weighted by Gasteiger charge is 2.52. The quantitative estimate of drug-likeness (QED) is 0.708. The average molecular weight is 352 g/mol. The Morgan fingerprint density at radius 2 is 1.84 bits per heavy atom. The fourth-order valence-corrected chi connectivity index (χ4v) is 3.38. The zero-order valence-electron chi connectivity index (χ0n) is 15.5. The Morgan fingerprint density at radius 3 is 2.36 bits per heavy atom. The summed E-state index contributed by atoms with van der Waals surface area (Å²) in [6.07, 6.45) is 3.02. The van der Waals surface area contributed by atoms with Gasteiger partial charge in [-0.25, -0.2) is 4.79 Å². The van der Waals surface area contributed by atoms with Crippen LogP contribution in [0.15, 0.2) is 0 Å². The smallest absolute Gasteiger partial charge is 0.325 e. The minimum Gasteiger partial charge on any atom is -0.350 e. The van der Waals surface area contributed by atoms with Crippen LogP contribution in [0.3, 0.4) is 0 Å². The predicted molar refractivity (Wildman–Crippen MR) is 91.6 cm³/mol. The van der Waals surface area contributed by atoms with Crippen molar-refractivity contribution in [1.82, 2.24) is 20.4 Å². The van der Waals surface area contributed by atoms with Crippen LogP contribution in [0, 0.1) is 0 Å². The van der Waals surface area contributed by atoms with Gasteiger partial charge in [0.1, 0.15) is 12.1 Å². The number of hydrogen-bond donors (Lipinski definition) is 2. The number of hydrogen-bond acceptors (Lipinski definition) is 4. The summed E-state index contributed by atoms with van der Waals surface area (Å²) in [6, 6.07) is -0.518. The molecule has 8 heteroatoms. The molecule has 0 aromatic rings. The lowest BCUT2D eigenvalue weighted by Gasteiger charge is -2.26. The van der Waals surface area contributed by atoms with E-state index in [9.17, 15) is 19.2 Å². The number of carbonyl (C=O) groups is 4. The molecule has 0 aromatic carbocycles. The van der Waals surface area contributed by atoms with Crippen molar-refractivity contribution < 1.29 is 19.2 Å². The summed E-state index contributed by atoms with van der Waals surface area (Å²) in [5.74, 6) is -1.00. The SMILES string of the molecule is CCN(CC(=O)NC(C)(C)C)C(=O)CN1C(=O)NC2(CCCC2)C1=O. The zero-order chi connectivity index (χ0) is 18.8. The standard InChI is InChI=1S/C17H28N4O4/c1-5-20(10-12(22)18-16(2,3)4)13(23)11-21-14(24)17(19-15(21)25)8-6-7-9-17/h5-11H2,1-4H3,(H,18,22)(H,19,25). The molecular weight excluding hydrogens is 324 g/mol. The summed E-state index contributed by atoms with van der Waals surface area (Å²) in [5.41, 5.74) is -1.21. The van der Waals surface area contributed by atoms with Crippen molar-refractivity contribution in [2.75, 3.05) is 19.6 Å². The molecule has 1 heterocycles. The summed E-state index contributed by atoms with van der Waals surface area (Å²) in [5, 5.41) is 5.55. The van der Waals surface area contributed by atoms with E-state index in [-0.39, 0.29) is 30.4 Å². The molecule has 0 atom stereocenters. The number of likely N-dealkylation sites (N-methyl/N-ethyl adjacent to an activating group) is 1. The van der Waals surface area contributed by atoms with Gasteiger partial charge >= 0.3 is 6.03 Å². The van der Waals surface area contributed by atoms with Gasteiger partial charge in [0.15, 0.2) is 0 Å². The Bertz CT molecular complexity index is 576. The van der Waals surface area contributed by atoms with Crippen molar-refractivity contribution in [3.63, 3.8) is 0 Å². The molecule has 1 aliphatic carbocycles. The molecule has 0 bridgehead atoms. The van der Waals surface area contributed by atoms with Crippen molar-refractivity contribution in [3.05, 3.63) is 0 Å². The molecule has 5 amide bonds. The minimum atomic E-state index is -0.821. The number of nitrogens with zero attached hydrogens (tertiary/aromatic N) is 2. The molecular formula is C17H28N4O4. The number of rotatable bonds is 5. The fourth-order valence-electron chi connectivity index (χ4n) is 3.38. The highest BCUT2D eigenvalue weighted by atomic mass is 16.2. The van der Waals surface area contributed by atoms with E-state index in [0.29, 0.717) is 19.4 Å². The first kappa shape index (κ1) is 19.2. The maximum Gasteiger partial charge on any atom is 0.325 e. The molecule has 8 nitrogen and oxygen atoms in total. The average Bonchev–Trinajstić information content (AvgIpc) is 3.04. The highest BCUT2D eigenvalue weighted by Crippen LogP contribution is 2.34. The first-order valence-electron chi connectivity index (χ1n) is 8.81. The second kappa shape index (κ2) is 7.01. The predicted octanol–water partition coefficient (Wildman–Crippen LogP) is 0.614. The number of imide groups is 1. The molecule has 2 fully saturated rings. The first-order valence-corrected chi connectivity index (χ1v) is 8.81. The molecule has 1 saturated carbocycles. The molecule has 1 aliphatic heterocycles. The Balaban J connectivity index is 1.98. The zero-order valence-corrected chi connectivity index (χ0v) is 15.5. The van der Waals surface area contributed by atoms with E-state index in [4.69, 9.17) is 0 Å². The third kappa shape index (κ3) is 4.29. The van der Waals surface area contributed by atoms with Crippen molar-refractivity contribution in [1.29, 1.82) is 0 Å². The topological polar surface area (TPSA) is 98.8 Å². The maximum atomic E-state index is 12.6. The lowest BCUT2D eigenvalue weighted by Crippen LogP contribution is -2.50. The Hall–Kier alpha value is -2.12. The number of carbonyl (C=O) groups excluding carboxylic acids is 4. The second-order valence-corrected chi connectivity index (χ2v) is 7.82. The molecule has 140 valence electrons. The summed E-state index contributed by atoms with van der Waals surface area (Å²) in [6.45, 7) is 7.23. The van der Waals surface area contributed by atoms with Gasteiger partial charge in [-0.2, -0.15) is 0 Å². The maximum absolute atomic E-state index is 12.6. The molecule has 0 unspecified atom stereocenters. The van der Waals surface area contributed by atoms with Crippen molar-refractivity contribution in [3.8, 4) is 0 Å². The van der Waals surface area contributed by atoms with Gasteiger partial charge in [0.05, 0.1) is 6.54 Å². The van der Waals surface area contributed by atoms with Crippen LogP contribution in [-0.2, 0) is 14.4 Å². The third-order valence-electron chi connectivity index (χ3n) is 4.58. The van der Waals surface area contributed by atoms with Gasteiger partial charge in [-0.05, 0) is 40.5 Å². The normalized spacial score (nSPS) is 19.3. The summed E-state index contributed by atoms with van der Waals surface area (Å²) >= 11 is 0. The molecule has 2 N–H and O–H groups in total. The van der Waals surface area contributed by atoms with Crippen LogP contribution < -0.4 is 10.6 Å². The molecule has 1 saturated heterocycles. The van der Waals surface area contributed by atoms with Crippen LogP contribution in [0.2, 0.25) is 0 Å². The largest absolute Gasteiger partial charge is 0.350 e. The number of urea groups is 1. The van der Waals surface area contributed by atoms with Gasteiger partial charge < -0.3 is 15.5 Å². The van der Waals surface area contributed by atoms with E-state index in [1.807, 2.05) is 20.8 Å². The van der Waals surface area contributed by atoms with E-state index < -0.39 is 17.5 Å². The van der Waals surface area contributed by atoms with Crippen LogP contribution in [0.4, 0.5) is 4.79 Å². The van der Waals surface area contributed by atoms with E-state index >= 15 is 0 Å². The molecule has 0 aromatic heterocycles. The van der Waals surface area contributed by atoms with Crippen molar-refractivity contribution in [2.24, 2.45) is 0 Å². The first-order chi connectivity index (χ1) is 11.6. The molecule has 0 radical (unpaired) electrons. The molecule has 25 heavy (non-hydrogen) atoms. The van der Waals surface area contributed by atoms with Crippen LogP contribution in [-0.4, -0.2) is 64.3 Å². The third-order valence-corrected chi connectivity index (χ3v) is 4.58. The second-order valence-electron chi connectivity index (χ2n) is 7.82. The van der Waals surface area contributed by atoms with Gasteiger partial charge in [0, 0.05) is 12.1 Å². The van der Waals surface area contributed by atoms with Gasteiger partial charge in [0.2, 0.25) is 11.8 Å². The van der Waals surface area contributed by atoms with Gasteiger partial charge in [-0.3, -0.25) is 19.3 Å². The van der Waals surface area contributed by atoms with Crippen molar-refractivity contribution in [2.45, 2.75) is 64.5 Å². The van der Waals surface area contributed by atoms with Crippen LogP contribution in [0.1, 0.15) is 53.4 Å². The van der Waals surface area contributed by atoms with E-state index in [2.05, 4.69) is 10.6 Å². The fraction of sp³-hybridized carbons (Fsp3) is 0.765. The number of amides is 5. The lowest BCUT2D eigenvalue weighted by atomic mass is 9.98. The Labute approximate surface area is 148 Å². The van der Waals surface area contributed by atoms with Crippen LogP contribution in [0.25, 0.3) is 0 Å². The van der Waals surface area contributed by atoms with Crippen LogP contribution in [0.5, 0.6) is 0 Å². The van der Waals surface area contributed by atoms with Crippen molar-refractivity contribution >= 4 is 23.8 Å². The molecule has 1 spiro atoms. The van der Waals surface area contributed by atoms with E-state index in [0.717, 1.165) is 17.7 Å². The van der Waals surface area contributed by atoms with Gasteiger partial charge in [0.25, 0.3) is 5.91 Å². The Kier molecular flexibility index (Phi) is 5.39. The number of nitrogens with one attached hydrogen (secondary N) is 2. The van der Waals surface area contributed by atoms with Crippen LogP contribution >= 0.6 is 0 Å². The molecule has 2 rings (SSSR count). The van der Waals surface area contributed by atoms with Gasteiger partial charge in [-0.1, -0.05) is 12.8 Å². The van der Waals surface area contributed by atoms with E-state index in [1.54, 1.807) is 6.92 Å². The van der Waals surface area contributed by atoms with Gasteiger partial charge in [-0.15, -0.1) is 0 Å². The summed E-state index contributed by atoms with van der Waals surface area (Å²) in [4.78, 5) is 51.6.